The summed E-state index contributed by atoms with van der Waals surface area (Å²) in [6.45, 7) is 4.38. The number of nitrogens with one attached hydrogen (secondary N) is 2. The Bertz CT molecular complexity index is 494. The Labute approximate surface area is 115 Å². The average molecular weight is 283 g/mol. The maximum absolute atomic E-state index is 11.6. The van der Waals surface area contributed by atoms with Gasteiger partial charge in [-0.15, -0.1) is 0 Å². The van der Waals surface area contributed by atoms with E-state index in [2.05, 4.69) is 20.7 Å². The number of rotatable bonds is 7. The fourth-order valence-electron chi connectivity index (χ4n) is 1.64. The standard InChI is InChI=1S/C10H17N7O3/c1-3-12-7(18)5-16(4-2)10-8(17(19)20)9(15-11)13-6-14-10/h6H,3-5,11H2,1-2H3,(H,12,18)(H,13,14,15). The second-order valence-corrected chi connectivity index (χ2v) is 3.76. The molecule has 10 nitrogen and oxygen atoms in total. The van der Waals surface area contributed by atoms with Crippen molar-refractivity contribution in [3.63, 3.8) is 0 Å². The first kappa shape index (κ1) is 15.6. The number of carbonyl (C=O) groups excluding carboxylic acids is 1. The first-order chi connectivity index (χ1) is 9.54. The Morgan fingerprint density at radius 1 is 1.50 bits per heavy atom. The van der Waals surface area contributed by atoms with Crippen LogP contribution in [0.3, 0.4) is 0 Å². The third kappa shape index (κ3) is 3.51. The number of aromatic nitrogens is 2. The summed E-state index contributed by atoms with van der Waals surface area (Å²) in [5, 5.41) is 13.8. The molecule has 0 unspecified atom stereocenters. The van der Waals surface area contributed by atoms with Crippen LogP contribution in [0, 0.1) is 10.1 Å². The summed E-state index contributed by atoms with van der Waals surface area (Å²) in [4.78, 5) is 31.2. The number of hydrazine groups is 1. The van der Waals surface area contributed by atoms with Gasteiger partial charge in [0.05, 0.1) is 11.5 Å². The number of nitrogens with two attached hydrogens (primary N) is 1. The van der Waals surface area contributed by atoms with Crippen LogP contribution in [0.15, 0.2) is 6.33 Å². The molecular formula is C10H17N7O3. The minimum absolute atomic E-state index is 0.0355. The molecule has 4 N–H and O–H groups in total. The Morgan fingerprint density at radius 3 is 2.70 bits per heavy atom. The highest BCUT2D eigenvalue weighted by atomic mass is 16.6. The van der Waals surface area contributed by atoms with Gasteiger partial charge in [-0.2, -0.15) is 0 Å². The summed E-state index contributed by atoms with van der Waals surface area (Å²) in [5.41, 5.74) is 1.79. The van der Waals surface area contributed by atoms with Crippen LogP contribution in [0.5, 0.6) is 0 Å². The van der Waals surface area contributed by atoms with Crippen molar-refractivity contribution in [2.45, 2.75) is 13.8 Å². The van der Waals surface area contributed by atoms with Crippen LogP contribution in [0.1, 0.15) is 13.8 Å². The lowest BCUT2D eigenvalue weighted by atomic mass is 10.3. The smallest absolute Gasteiger partial charge is 0.354 e. The Morgan fingerprint density at radius 2 is 2.20 bits per heavy atom. The maximum Gasteiger partial charge on any atom is 0.354 e. The van der Waals surface area contributed by atoms with Crippen LogP contribution >= 0.6 is 0 Å². The van der Waals surface area contributed by atoms with Crippen LogP contribution in [-0.4, -0.2) is 40.4 Å². The molecule has 1 aromatic heterocycles. The molecule has 0 saturated heterocycles. The number of amides is 1. The molecule has 1 heterocycles. The fourth-order valence-corrected chi connectivity index (χ4v) is 1.64. The molecule has 0 fully saturated rings. The number of nitrogens with zero attached hydrogens (tertiary/aromatic N) is 4. The highest BCUT2D eigenvalue weighted by Gasteiger charge is 2.26. The van der Waals surface area contributed by atoms with Crippen LogP contribution in [-0.2, 0) is 4.79 Å². The summed E-state index contributed by atoms with van der Waals surface area (Å²) in [6.07, 6.45) is 1.15. The van der Waals surface area contributed by atoms with Crippen LogP contribution < -0.4 is 21.5 Å². The van der Waals surface area contributed by atoms with Crippen molar-refractivity contribution < 1.29 is 9.72 Å². The number of nitrogen functional groups attached to an aromatic ring is 1. The highest BCUT2D eigenvalue weighted by Crippen LogP contribution is 2.30. The van der Waals surface area contributed by atoms with E-state index in [9.17, 15) is 14.9 Å². The van der Waals surface area contributed by atoms with E-state index in [1.807, 2.05) is 0 Å². The van der Waals surface area contributed by atoms with Gasteiger partial charge in [-0.05, 0) is 13.8 Å². The number of carbonyl (C=O) groups is 1. The minimum atomic E-state index is -0.634. The SMILES string of the molecule is CCNC(=O)CN(CC)c1ncnc(NN)c1[N+](=O)[O-]. The predicted octanol–water partition coefficient (Wildman–Crippen LogP) is -0.367. The van der Waals surface area contributed by atoms with E-state index in [0.717, 1.165) is 6.33 Å². The van der Waals surface area contributed by atoms with Crippen molar-refractivity contribution >= 4 is 23.2 Å². The molecule has 0 aromatic carbocycles. The van der Waals surface area contributed by atoms with E-state index in [1.54, 1.807) is 13.8 Å². The first-order valence-corrected chi connectivity index (χ1v) is 6.02. The van der Waals surface area contributed by atoms with E-state index in [4.69, 9.17) is 5.84 Å². The van der Waals surface area contributed by atoms with Crippen molar-refractivity contribution in [1.82, 2.24) is 15.3 Å². The third-order valence-corrected chi connectivity index (χ3v) is 2.51. The fraction of sp³-hybridized carbons (Fsp3) is 0.500. The monoisotopic (exact) mass is 283 g/mol. The van der Waals surface area contributed by atoms with Crippen molar-refractivity contribution in [3.8, 4) is 0 Å². The summed E-state index contributed by atoms with van der Waals surface area (Å²) in [5.74, 6) is 4.90. The Balaban J connectivity index is 3.14. The van der Waals surface area contributed by atoms with E-state index in [-0.39, 0.29) is 29.8 Å². The largest absolute Gasteiger partial charge is 0.355 e. The van der Waals surface area contributed by atoms with Gasteiger partial charge in [0, 0.05) is 13.1 Å². The maximum atomic E-state index is 11.6. The molecule has 110 valence electrons. The summed E-state index contributed by atoms with van der Waals surface area (Å²) < 4.78 is 0. The lowest BCUT2D eigenvalue weighted by Gasteiger charge is -2.21. The van der Waals surface area contributed by atoms with Gasteiger partial charge < -0.3 is 15.6 Å². The molecule has 20 heavy (non-hydrogen) atoms. The predicted molar refractivity (Wildman–Crippen MR) is 73.1 cm³/mol. The number of hydrogen-bond acceptors (Lipinski definition) is 8. The normalized spacial score (nSPS) is 9.95. The third-order valence-electron chi connectivity index (χ3n) is 2.51. The molecule has 0 radical (unpaired) electrons. The van der Waals surface area contributed by atoms with Gasteiger partial charge in [0.15, 0.2) is 0 Å². The van der Waals surface area contributed by atoms with Gasteiger partial charge in [-0.1, -0.05) is 0 Å². The van der Waals surface area contributed by atoms with Gasteiger partial charge in [0.2, 0.25) is 17.5 Å². The minimum Gasteiger partial charge on any atom is -0.355 e. The summed E-state index contributed by atoms with van der Waals surface area (Å²) in [6, 6.07) is 0. The molecular weight excluding hydrogens is 266 g/mol. The number of nitro groups is 1. The molecule has 0 aliphatic carbocycles. The van der Waals surface area contributed by atoms with Crippen molar-refractivity contribution in [2.24, 2.45) is 5.84 Å². The van der Waals surface area contributed by atoms with Crippen LogP contribution in [0.25, 0.3) is 0 Å². The van der Waals surface area contributed by atoms with E-state index in [1.165, 1.54) is 4.90 Å². The van der Waals surface area contributed by atoms with Gasteiger partial charge in [-0.25, -0.2) is 15.8 Å². The van der Waals surface area contributed by atoms with Crippen molar-refractivity contribution in [2.75, 3.05) is 30.0 Å². The summed E-state index contributed by atoms with van der Waals surface area (Å²) >= 11 is 0. The molecule has 0 aliphatic heterocycles. The highest BCUT2D eigenvalue weighted by molar-refractivity contribution is 5.82. The van der Waals surface area contributed by atoms with Crippen molar-refractivity contribution in [3.05, 3.63) is 16.4 Å². The zero-order chi connectivity index (χ0) is 15.1. The molecule has 1 aromatic rings. The first-order valence-electron chi connectivity index (χ1n) is 6.02. The average Bonchev–Trinajstić information content (AvgIpc) is 2.44. The molecule has 1 amide bonds. The molecule has 0 spiro atoms. The number of likely N-dealkylation sites (N-methyl/N-ethyl adjacent to an activating group) is 2. The molecule has 0 bridgehead atoms. The van der Waals surface area contributed by atoms with Gasteiger partial charge in [-0.3, -0.25) is 14.9 Å². The molecule has 10 heteroatoms. The Hall–Kier alpha value is -2.49. The second kappa shape index (κ2) is 7.19. The zero-order valence-electron chi connectivity index (χ0n) is 11.3. The second-order valence-electron chi connectivity index (χ2n) is 3.76. The number of hydrogen-bond donors (Lipinski definition) is 3. The zero-order valence-corrected chi connectivity index (χ0v) is 11.3. The molecule has 0 aliphatic rings. The van der Waals surface area contributed by atoms with E-state index >= 15 is 0 Å². The van der Waals surface area contributed by atoms with Crippen LogP contribution in [0.4, 0.5) is 17.3 Å². The topological polar surface area (TPSA) is 139 Å². The lowest BCUT2D eigenvalue weighted by Crippen LogP contribution is -2.38. The number of anilines is 2. The van der Waals surface area contributed by atoms with E-state index < -0.39 is 4.92 Å². The van der Waals surface area contributed by atoms with Crippen molar-refractivity contribution in [1.29, 1.82) is 0 Å². The van der Waals surface area contributed by atoms with Crippen LogP contribution in [0.2, 0.25) is 0 Å². The van der Waals surface area contributed by atoms with Gasteiger partial charge in [0.1, 0.15) is 6.33 Å². The Kier molecular flexibility index (Phi) is 5.59. The van der Waals surface area contributed by atoms with Gasteiger partial charge in [0.25, 0.3) is 0 Å². The van der Waals surface area contributed by atoms with Gasteiger partial charge >= 0.3 is 5.69 Å². The molecule has 0 atom stereocenters. The lowest BCUT2D eigenvalue weighted by molar-refractivity contribution is -0.383. The molecule has 0 saturated carbocycles. The summed E-state index contributed by atoms with van der Waals surface area (Å²) in [7, 11) is 0. The quantitative estimate of drug-likeness (QED) is 0.350. The molecule has 1 rings (SSSR count). The van der Waals surface area contributed by atoms with E-state index in [0.29, 0.717) is 13.1 Å².